The summed E-state index contributed by atoms with van der Waals surface area (Å²) in [6.45, 7) is 6.23. The maximum atomic E-state index is 12.3. The number of aliphatic hydroxyl groups is 1. The Bertz CT molecular complexity index is 718. The van der Waals surface area contributed by atoms with E-state index in [9.17, 15) is 9.90 Å². The van der Waals surface area contributed by atoms with Gasteiger partial charge in [-0.25, -0.2) is 4.98 Å². The second-order valence-corrected chi connectivity index (χ2v) is 5.42. The molecule has 1 fully saturated rings. The molecular weight excluding hydrogens is 270 g/mol. The molecule has 6 nitrogen and oxygen atoms in total. The van der Waals surface area contributed by atoms with E-state index in [-0.39, 0.29) is 5.56 Å². The number of rotatable bonds is 2. The zero-order valence-electron chi connectivity index (χ0n) is 12.2. The van der Waals surface area contributed by atoms with E-state index in [1.807, 2.05) is 17.9 Å². The fourth-order valence-electron chi connectivity index (χ4n) is 2.65. The predicted molar refractivity (Wildman–Crippen MR) is 80.8 cm³/mol. The quantitative estimate of drug-likeness (QED) is 0.866. The van der Waals surface area contributed by atoms with Gasteiger partial charge in [-0.15, -0.1) is 0 Å². The number of anilines is 1. The largest absolute Gasteiger partial charge is 0.389 e. The zero-order chi connectivity index (χ0) is 15.0. The lowest BCUT2D eigenvalue weighted by atomic mass is 10.0. The van der Waals surface area contributed by atoms with Gasteiger partial charge in [0.05, 0.1) is 30.2 Å². The molecule has 1 saturated heterocycles. The highest BCUT2D eigenvalue weighted by Gasteiger charge is 2.17. The molecule has 1 atom stereocenters. The number of hydrogen-bond acceptors (Lipinski definition) is 5. The van der Waals surface area contributed by atoms with E-state index >= 15 is 0 Å². The van der Waals surface area contributed by atoms with Crippen molar-refractivity contribution < 1.29 is 9.84 Å². The van der Waals surface area contributed by atoms with Crippen LogP contribution in [0.4, 0.5) is 5.95 Å². The molecule has 2 N–H and O–H groups in total. The highest BCUT2D eigenvalue weighted by atomic mass is 16.5. The Morgan fingerprint density at radius 2 is 2.10 bits per heavy atom. The number of hydrogen-bond donors (Lipinski definition) is 2. The first-order chi connectivity index (χ1) is 10.1. The van der Waals surface area contributed by atoms with Crippen molar-refractivity contribution in [1.82, 2.24) is 9.97 Å². The van der Waals surface area contributed by atoms with Crippen molar-refractivity contribution in [1.29, 1.82) is 0 Å². The number of aromatic nitrogens is 2. The van der Waals surface area contributed by atoms with Gasteiger partial charge in [0, 0.05) is 18.7 Å². The molecule has 6 heteroatoms. The van der Waals surface area contributed by atoms with Crippen LogP contribution in [0.5, 0.6) is 0 Å². The summed E-state index contributed by atoms with van der Waals surface area (Å²) in [5.41, 5.74) is 2.02. The van der Waals surface area contributed by atoms with Gasteiger partial charge in [0.1, 0.15) is 0 Å². The van der Waals surface area contributed by atoms with Gasteiger partial charge in [0.15, 0.2) is 0 Å². The average Bonchev–Trinajstić information content (AvgIpc) is 2.48. The van der Waals surface area contributed by atoms with E-state index in [0.717, 1.165) is 5.56 Å². The highest BCUT2D eigenvalue weighted by Crippen LogP contribution is 2.24. The molecule has 1 unspecified atom stereocenters. The van der Waals surface area contributed by atoms with Crippen LogP contribution in [0, 0.1) is 6.92 Å². The maximum Gasteiger partial charge on any atom is 0.260 e. The van der Waals surface area contributed by atoms with E-state index in [0.29, 0.717) is 48.7 Å². The van der Waals surface area contributed by atoms with Gasteiger partial charge in [-0.05, 0) is 25.5 Å². The normalized spacial score (nSPS) is 17.2. The number of nitrogens with one attached hydrogen (secondary N) is 1. The summed E-state index contributed by atoms with van der Waals surface area (Å²) in [5.74, 6) is 0.543. The Balaban J connectivity index is 2.19. The first-order valence-electron chi connectivity index (χ1n) is 7.11. The number of H-pyrrole nitrogens is 1. The van der Waals surface area contributed by atoms with Crippen molar-refractivity contribution in [3.05, 3.63) is 33.6 Å². The number of nitrogens with zero attached hydrogens (tertiary/aromatic N) is 2. The lowest BCUT2D eigenvalue weighted by molar-refractivity contribution is 0.122. The minimum atomic E-state index is -0.667. The third kappa shape index (κ3) is 2.64. The summed E-state index contributed by atoms with van der Waals surface area (Å²) in [7, 11) is 0. The summed E-state index contributed by atoms with van der Waals surface area (Å²) >= 11 is 0. The van der Waals surface area contributed by atoms with Crippen molar-refractivity contribution in [2.75, 3.05) is 31.2 Å². The summed E-state index contributed by atoms with van der Waals surface area (Å²) in [6, 6.07) is 3.68. The van der Waals surface area contributed by atoms with Crippen LogP contribution in [0.1, 0.15) is 24.2 Å². The molecule has 0 radical (unpaired) electrons. The van der Waals surface area contributed by atoms with Gasteiger partial charge in [-0.2, -0.15) is 0 Å². The van der Waals surface area contributed by atoms with E-state index in [4.69, 9.17) is 4.74 Å². The summed E-state index contributed by atoms with van der Waals surface area (Å²) in [6.07, 6.45) is -0.667. The molecule has 0 saturated carbocycles. The molecule has 0 aliphatic carbocycles. The Hall–Kier alpha value is -1.92. The van der Waals surface area contributed by atoms with Gasteiger partial charge in [0.2, 0.25) is 5.95 Å². The van der Waals surface area contributed by atoms with Crippen LogP contribution in [-0.4, -0.2) is 41.4 Å². The Morgan fingerprint density at radius 3 is 2.76 bits per heavy atom. The first-order valence-corrected chi connectivity index (χ1v) is 7.11. The molecule has 2 aromatic rings. The molecule has 1 aliphatic rings. The van der Waals surface area contributed by atoms with Crippen molar-refractivity contribution >= 4 is 16.9 Å². The summed E-state index contributed by atoms with van der Waals surface area (Å²) in [5, 5.41) is 10.5. The lowest BCUT2D eigenvalue weighted by Crippen LogP contribution is -2.38. The number of aromatic amines is 1. The molecule has 21 heavy (non-hydrogen) atoms. The fourth-order valence-corrected chi connectivity index (χ4v) is 2.65. The number of aliphatic hydroxyl groups excluding tert-OH is 1. The average molecular weight is 289 g/mol. The van der Waals surface area contributed by atoms with Gasteiger partial charge >= 0.3 is 0 Å². The third-order valence-corrected chi connectivity index (χ3v) is 3.73. The second kappa shape index (κ2) is 5.46. The molecule has 0 amide bonds. The van der Waals surface area contributed by atoms with E-state index in [2.05, 4.69) is 9.97 Å². The Labute approximate surface area is 122 Å². The minimum Gasteiger partial charge on any atom is -0.389 e. The van der Waals surface area contributed by atoms with Crippen LogP contribution in [-0.2, 0) is 4.74 Å². The smallest absolute Gasteiger partial charge is 0.260 e. The topological polar surface area (TPSA) is 78.5 Å². The number of morpholine rings is 1. The van der Waals surface area contributed by atoms with Gasteiger partial charge in [-0.1, -0.05) is 6.07 Å². The van der Waals surface area contributed by atoms with Crippen LogP contribution >= 0.6 is 0 Å². The molecule has 0 spiro atoms. The van der Waals surface area contributed by atoms with E-state index < -0.39 is 6.10 Å². The minimum absolute atomic E-state index is 0.174. The molecule has 2 heterocycles. The first kappa shape index (κ1) is 14.0. The zero-order valence-corrected chi connectivity index (χ0v) is 12.2. The number of fused-ring (bicyclic) bond motifs is 1. The molecule has 3 rings (SSSR count). The van der Waals surface area contributed by atoms with Gasteiger partial charge in [-0.3, -0.25) is 9.78 Å². The van der Waals surface area contributed by atoms with Gasteiger partial charge in [0.25, 0.3) is 5.56 Å². The second-order valence-electron chi connectivity index (χ2n) is 5.42. The van der Waals surface area contributed by atoms with Crippen molar-refractivity contribution in [2.24, 2.45) is 0 Å². The van der Waals surface area contributed by atoms with Crippen LogP contribution in [0.15, 0.2) is 16.9 Å². The van der Waals surface area contributed by atoms with Crippen molar-refractivity contribution in [3.8, 4) is 0 Å². The molecular formula is C15H19N3O3. The number of benzene rings is 1. The highest BCUT2D eigenvalue weighted by molar-refractivity contribution is 5.83. The maximum absolute atomic E-state index is 12.3. The summed E-state index contributed by atoms with van der Waals surface area (Å²) < 4.78 is 5.32. The predicted octanol–water partition coefficient (Wildman–Crippen LogP) is 1.12. The van der Waals surface area contributed by atoms with Crippen molar-refractivity contribution in [2.45, 2.75) is 20.0 Å². The van der Waals surface area contributed by atoms with Crippen LogP contribution in [0.2, 0.25) is 0 Å². The summed E-state index contributed by atoms with van der Waals surface area (Å²) in [4.78, 5) is 21.7. The van der Waals surface area contributed by atoms with E-state index in [1.165, 1.54) is 0 Å². The number of aryl methyl sites for hydroxylation is 1. The number of ether oxygens (including phenoxy) is 1. The monoisotopic (exact) mass is 289 g/mol. The Morgan fingerprint density at radius 1 is 1.38 bits per heavy atom. The Kier molecular flexibility index (Phi) is 3.65. The lowest BCUT2D eigenvalue weighted by Gasteiger charge is -2.27. The third-order valence-electron chi connectivity index (χ3n) is 3.73. The SMILES string of the molecule is Cc1cc(C(C)O)c2nc(N3CCOCC3)[nH]c(=O)c2c1. The fraction of sp³-hybridized carbons (Fsp3) is 0.467. The van der Waals surface area contributed by atoms with Crippen LogP contribution < -0.4 is 10.5 Å². The molecule has 1 aromatic carbocycles. The molecule has 1 aliphatic heterocycles. The van der Waals surface area contributed by atoms with Crippen LogP contribution in [0.3, 0.4) is 0 Å². The van der Waals surface area contributed by atoms with Crippen LogP contribution in [0.25, 0.3) is 10.9 Å². The molecule has 112 valence electrons. The van der Waals surface area contributed by atoms with Gasteiger partial charge < -0.3 is 14.7 Å². The molecule has 0 bridgehead atoms. The molecule has 1 aromatic heterocycles. The van der Waals surface area contributed by atoms with Crippen molar-refractivity contribution in [3.63, 3.8) is 0 Å². The standard InChI is InChI=1S/C15H19N3O3/c1-9-7-11(10(2)19)13-12(8-9)14(20)17-15(16-13)18-3-5-21-6-4-18/h7-8,10,19H,3-6H2,1-2H3,(H,16,17,20). The van der Waals surface area contributed by atoms with E-state index in [1.54, 1.807) is 13.0 Å².